The van der Waals surface area contributed by atoms with Crippen LogP contribution in [0.5, 0.6) is 5.75 Å². The molecular weight excluding hydrogens is 304 g/mol. The monoisotopic (exact) mass is 328 g/mol. The fourth-order valence-corrected chi connectivity index (χ4v) is 2.49. The van der Waals surface area contributed by atoms with Gasteiger partial charge in [-0.15, -0.1) is 0 Å². The average Bonchev–Trinajstić information content (AvgIpc) is 3.26. The van der Waals surface area contributed by atoms with Crippen LogP contribution in [0.4, 0.5) is 0 Å². The van der Waals surface area contributed by atoms with E-state index in [0.29, 0.717) is 19.2 Å². The molecule has 1 fully saturated rings. The van der Waals surface area contributed by atoms with Crippen LogP contribution in [-0.4, -0.2) is 40.0 Å². The number of benzene rings is 1. The number of nitrogens with zero attached hydrogens (tertiary/aromatic N) is 3. The number of aromatic nitrogens is 2. The normalized spacial score (nSPS) is 14.0. The minimum Gasteiger partial charge on any atom is -0.486 e. The van der Waals surface area contributed by atoms with E-state index in [1.807, 2.05) is 54.0 Å². The Balaban J connectivity index is 1.45. The van der Waals surface area contributed by atoms with Crippen LogP contribution >= 0.6 is 0 Å². The summed E-state index contributed by atoms with van der Waals surface area (Å²) in [6.45, 7) is 1.61. The Morgan fingerprint density at radius 3 is 2.75 bits per heavy atom. The number of carbonyl (C=O) groups excluding carboxylic acids is 1. The Kier molecular flexibility index (Phi) is 5.15. The summed E-state index contributed by atoms with van der Waals surface area (Å²) < 4.78 is 7.69. The van der Waals surface area contributed by atoms with E-state index >= 15 is 0 Å². The maximum Gasteiger partial charge on any atom is 0.234 e. The molecule has 1 aliphatic rings. The van der Waals surface area contributed by atoms with E-state index in [1.165, 1.54) is 0 Å². The molecule has 6 nitrogen and oxygen atoms in total. The number of ether oxygens (including phenoxy) is 1. The molecule has 1 saturated carbocycles. The second-order valence-corrected chi connectivity index (χ2v) is 6.40. The third kappa shape index (κ3) is 4.83. The zero-order valence-corrected chi connectivity index (χ0v) is 14.2. The van der Waals surface area contributed by atoms with E-state index in [0.717, 1.165) is 36.5 Å². The Morgan fingerprint density at radius 1 is 1.38 bits per heavy atom. The molecule has 1 aromatic heterocycles. The smallest absolute Gasteiger partial charge is 0.234 e. The molecular formula is C18H24N4O2. The first kappa shape index (κ1) is 16.5. The van der Waals surface area contributed by atoms with Gasteiger partial charge in [-0.05, 0) is 37.6 Å². The van der Waals surface area contributed by atoms with Gasteiger partial charge < -0.3 is 14.6 Å². The molecule has 2 aromatic rings. The highest BCUT2D eigenvalue weighted by atomic mass is 16.5. The molecule has 0 aliphatic heterocycles. The lowest BCUT2D eigenvalue weighted by atomic mass is 10.2. The van der Waals surface area contributed by atoms with Gasteiger partial charge >= 0.3 is 0 Å². The van der Waals surface area contributed by atoms with E-state index < -0.39 is 0 Å². The summed E-state index contributed by atoms with van der Waals surface area (Å²) >= 11 is 0. The van der Waals surface area contributed by atoms with Crippen molar-refractivity contribution in [3.63, 3.8) is 0 Å². The topological polar surface area (TPSA) is 59.4 Å². The number of imidazole rings is 1. The predicted octanol–water partition coefficient (Wildman–Crippen LogP) is 1.71. The second-order valence-electron chi connectivity index (χ2n) is 6.40. The van der Waals surface area contributed by atoms with Crippen LogP contribution in [0.2, 0.25) is 0 Å². The fourth-order valence-electron chi connectivity index (χ4n) is 2.49. The Bertz CT molecular complexity index is 677. The largest absolute Gasteiger partial charge is 0.486 e. The van der Waals surface area contributed by atoms with Crippen molar-refractivity contribution in [2.45, 2.75) is 32.0 Å². The summed E-state index contributed by atoms with van der Waals surface area (Å²) in [5, 5.41) is 3.01. The zero-order valence-electron chi connectivity index (χ0n) is 14.2. The van der Waals surface area contributed by atoms with Crippen LogP contribution in [0.1, 0.15) is 24.2 Å². The van der Waals surface area contributed by atoms with Gasteiger partial charge in [-0.2, -0.15) is 0 Å². The van der Waals surface area contributed by atoms with Gasteiger partial charge in [0.1, 0.15) is 18.2 Å². The van der Waals surface area contributed by atoms with Crippen LogP contribution in [0.15, 0.2) is 36.7 Å². The summed E-state index contributed by atoms with van der Waals surface area (Å²) in [5.74, 6) is 1.81. The molecule has 128 valence electrons. The van der Waals surface area contributed by atoms with Crippen molar-refractivity contribution in [2.75, 3.05) is 13.6 Å². The zero-order chi connectivity index (χ0) is 16.9. The van der Waals surface area contributed by atoms with E-state index in [4.69, 9.17) is 4.74 Å². The number of hydrogen-bond acceptors (Lipinski definition) is 4. The lowest BCUT2D eigenvalue weighted by Gasteiger charge is -2.16. The van der Waals surface area contributed by atoms with Crippen molar-refractivity contribution in [3.05, 3.63) is 48.0 Å². The van der Waals surface area contributed by atoms with Crippen molar-refractivity contribution in [2.24, 2.45) is 7.05 Å². The number of amides is 1. The van der Waals surface area contributed by atoms with Crippen LogP contribution in [-0.2, 0) is 25.0 Å². The van der Waals surface area contributed by atoms with E-state index in [9.17, 15) is 4.79 Å². The Hall–Kier alpha value is -2.34. The lowest BCUT2D eigenvalue weighted by Crippen LogP contribution is -2.35. The van der Waals surface area contributed by atoms with Gasteiger partial charge in [-0.3, -0.25) is 9.69 Å². The van der Waals surface area contributed by atoms with Crippen LogP contribution in [0.25, 0.3) is 0 Å². The summed E-state index contributed by atoms with van der Waals surface area (Å²) in [6, 6.07) is 8.39. The van der Waals surface area contributed by atoms with E-state index in [-0.39, 0.29) is 5.91 Å². The highest BCUT2D eigenvalue weighted by Gasteiger charge is 2.23. The van der Waals surface area contributed by atoms with Crippen molar-refractivity contribution in [3.8, 4) is 5.75 Å². The van der Waals surface area contributed by atoms with Crippen LogP contribution in [0.3, 0.4) is 0 Å². The molecule has 1 aliphatic carbocycles. The molecule has 0 spiro atoms. The second kappa shape index (κ2) is 7.49. The molecule has 3 rings (SSSR count). The van der Waals surface area contributed by atoms with Gasteiger partial charge in [0.05, 0.1) is 6.54 Å². The van der Waals surface area contributed by atoms with Gasteiger partial charge in [0.15, 0.2) is 0 Å². The lowest BCUT2D eigenvalue weighted by molar-refractivity contribution is -0.122. The first-order valence-corrected chi connectivity index (χ1v) is 8.26. The number of hydrogen-bond donors (Lipinski definition) is 1. The number of nitrogens with one attached hydrogen (secondary N) is 1. The molecule has 0 unspecified atom stereocenters. The number of aryl methyl sites for hydroxylation is 1. The van der Waals surface area contributed by atoms with Gasteiger partial charge in [-0.25, -0.2) is 4.98 Å². The first-order valence-electron chi connectivity index (χ1n) is 8.26. The fraction of sp³-hybridized carbons (Fsp3) is 0.444. The van der Waals surface area contributed by atoms with Crippen LogP contribution in [0, 0.1) is 0 Å². The number of likely N-dealkylation sites (N-methyl/N-ethyl adjacent to an activating group) is 1. The molecule has 0 bridgehead atoms. The summed E-state index contributed by atoms with van der Waals surface area (Å²) in [7, 11) is 3.90. The molecule has 1 amide bonds. The van der Waals surface area contributed by atoms with Crippen molar-refractivity contribution < 1.29 is 9.53 Å². The molecule has 1 heterocycles. The highest BCUT2D eigenvalue weighted by Crippen LogP contribution is 2.18. The van der Waals surface area contributed by atoms with Gasteiger partial charge in [0, 0.05) is 32.0 Å². The van der Waals surface area contributed by atoms with Crippen molar-refractivity contribution >= 4 is 5.91 Å². The summed E-state index contributed by atoms with van der Waals surface area (Å²) in [5.41, 5.74) is 1.15. The quantitative estimate of drug-likeness (QED) is 0.801. The van der Waals surface area contributed by atoms with E-state index in [2.05, 4.69) is 10.3 Å². The minimum absolute atomic E-state index is 0.107. The first-order chi connectivity index (χ1) is 11.6. The average molecular weight is 328 g/mol. The van der Waals surface area contributed by atoms with Crippen molar-refractivity contribution in [1.29, 1.82) is 0 Å². The maximum absolute atomic E-state index is 11.8. The molecule has 6 heteroatoms. The molecule has 0 atom stereocenters. The maximum atomic E-state index is 11.8. The third-order valence-electron chi connectivity index (χ3n) is 4.02. The number of rotatable bonds is 8. The predicted molar refractivity (Wildman–Crippen MR) is 91.5 cm³/mol. The minimum atomic E-state index is 0.107. The molecule has 1 aromatic carbocycles. The number of carbonyl (C=O) groups is 1. The molecule has 0 radical (unpaired) electrons. The van der Waals surface area contributed by atoms with Crippen molar-refractivity contribution in [1.82, 2.24) is 19.8 Å². The third-order valence-corrected chi connectivity index (χ3v) is 4.02. The summed E-state index contributed by atoms with van der Waals surface area (Å²) in [4.78, 5) is 18.0. The van der Waals surface area contributed by atoms with Crippen LogP contribution < -0.4 is 10.1 Å². The SMILES string of the molecule is CN(CC(=O)NC1CC1)Cc1ccc(OCc2nccn2C)cc1. The molecule has 24 heavy (non-hydrogen) atoms. The van der Waals surface area contributed by atoms with E-state index in [1.54, 1.807) is 6.20 Å². The highest BCUT2D eigenvalue weighted by molar-refractivity contribution is 5.78. The Labute approximate surface area is 142 Å². The van der Waals surface area contributed by atoms with Gasteiger partial charge in [0.2, 0.25) is 5.91 Å². The molecule has 1 N–H and O–H groups in total. The summed E-state index contributed by atoms with van der Waals surface area (Å²) in [6.07, 6.45) is 5.90. The standard InChI is InChI=1S/C18H24N4O2/c1-21(12-18(23)20-15-5-6-15)11-14-3-7-16(8-4-14)24-13-17-19-9-10-22(17)2/h3-4,7-10,15H,5-6,11-13H2,1-2H3,(H,20,23). The molecule has 0 saturated heterocycles. The van der Waals surface area contributed by atoms with Gasteiger partial charge in [0.25, 0.3) is 0 Å². The Morgan fingerprint density at radius 2 is 2.12 bits per heavy atom. The van der Waals surface area contributed by atoms with Gasteiger partial charge in [-0.1, -0.05) is 12.1 Å².